The van der Waals surface area contributed by atoms with Gasteiger partial charge in [0.2, 0.25) is 0 Å². The fourth-order valence-corrected chi connectivity index (χ4v) is 2.66. The van der Waals surface area contributed by atoms with Crippen LogP contribution in [0.1, 0.15) is 62.9 Å². The molecular formula is C16H25N3O. The summed E-state index contributed by atoms with van der Waals surface area (Å²) in [6, 6.07) is 4.37. The number of nitrogens with zero attached hydrogens (tertiary/aromatic N) is 1. The molecule has 1 saturated carbocycles. The normalized spacial score (nSPS) is 16.8. The average Bonchev–Trinajstić information content (AvgIpc) is 2.67. The van der Waals surface area contributed by atoms with Crippen molar-refractivity contribution in [1.82, 2.24) is 10.3 Å². The average molecular weight is 275 g/mol. The molecule has 1 aromatic rings. The molecule has 20 heavy (non-hydrogen) atoms. The maximum absolute atomic E-state index is 12.3. The molecule has 4 heteroatoms. The Balaban J connectivity index is 1.97. The van der Waals surface area contributed by atoms with E-state index in [4.69, 9.17) is 0 Å². The van der Waals surface area contributed by atoms with Gasteiger partial charge in [0.1, 0.15) is 5.69 Å². The van der Waals surface area contributed by atoms with Crippen molar-refractivity contribution in [3.05, 3.63) is 24.0 Å². The van der Waals surface area contributed by atoms with Gasteiger partial charge in [0.05, 0.1) is 0 Å². The molecular weight excluding hydrogens is 250 g/mol. The van der Waals surface area contributed by atoms with Crippen molar-refractivity contribution in [2.45, 2.75) is 64.5 Å². The maximum atomic E-state index is 12.3. The highest BCUT2D eigenvalue weighted by molar-refractivity contribution is 5.93. The van der Waals surface area contributed by atoms with Crippen LogP contribution >= 0.6 is 0 Å². The Morgan fingerprint density at radius 1 is 1.25 bits per heavy atom. The minimum Gasteiger partial charge on any atom is -0.383 e. The monoisotopic (exact) mass is 275 g/mol. The molecule has 0 aliphatic heterocycles. The number of anilines is 1. The molecule has 0 atom stereocenters. The van der Waals surface area contributed by atoms with Gasteiger partial charge in [-0.1, -0.05) is 25.7 Å². The molecule has 1 aromatic heterocycles. The number of aromatic nitrogens is 1. The number of amides is 1. The number of rotatable bonds is 4. The summed E-state index contributed by atoms with van der Waals surface area (Å²) in [5.74, 6) is -0.0516. The number of pyridine rings is 1. The van der Waals surface area contributed by atoms with E-state index in [1.165, 1.54) is 25.7 Å². The summed E-state index contributed by atoms with van der Waals surface area (Å²) < 4.78 is 0. The van der Waals surface area contributed by atoms with Crippen LogP contribution in [0.4, 0.5) is 5.69 Å². The van der Waals surface area contributed by atoms with Crippen molar-refractivity contribution in [2.75, 3.05) is 5.32 Å². The standard InChI is InChI=1S/C16H25N3O/c1-12(2)18-14-9-10-17-15(11-14)16(20)19-13-7-5-3-4-6-8-13/h9-13H,3-8H2,1-2H3,(H,17,18)(H,19,20). The quantitative estimate of drug-likeness (QED) is 0.828. The van der Waals surface area contributed by atoms with E-state index in [2.05, 4.69) is 29.5 Å². The highest BCUT2D eigenvalue weighted by Crippen LogP contribution is 2.18. The molecule has 1 heterocycles. The molecule has 1 aliphatic rings. The zero-order chi connectivity index (χ0) is 14.4. The fraction of sp³-hybridized carbons (Fsp3) is 0.625. The van der Waals surface area contributed by atoms with E-state index in [-0.39, 0.29) is 5.91 Å². The summed E-state index contributed by atoms with van der Waals surface area (Å²) in [5.41, 5.74) is 1.45. The SMILES string of the molecule is CC(C)Nc1ccnc(C(=O)NC2CCCCCC2)c1. The minimum atomic E-state index is -0.0516. The molecule has 0 radical (unpaired) electrons. The van der Waals surface area contributed by atoms with Crippen molar-refractivity contribution in [3.8, 4) is 0 Å². The van der Waals surface area contributed by atoms with Gasteiger partial charge in [0.25, 0.3) is 5.91 Å². The smallest absolute Gasteiger partial charge is 0.270 e. The lowest BCUT2D eigenvalue weighted by molar-refractivity contribution is 0.0928. The van der Waals surface area contributed by atoms with Crippen molar-refractivity contribution in [3.63, 3.8) is 0 Å². The van der Waals surface area contributed by atoms with E-state index in [0.717, 1.165) is 18.5 Å². The number of carbonyl (C=O) groups excluding carboxylic acids is 1. The highest BCUT2D eigenvalue weighted by atomic mass is 16.1. The van der Waals surface area contributed by atoms with Crippen LogP contribution in [0.3, 0.4) is 0 Å². The maximum Gasteiger partial charge on any atom is 0.270 e. The van der Waals surface area contributed by atoms with Crippen LogP contribution in [0.2, 0.25) is 0 Å². The van der Waals surface area contributed by atoms with Gasteiger partial charge in [-0.05, 0) is 38.8 Å². The third-order valence-electron chi connectivity index (χ3n) is 3.64. The van der Waals surface area contributed by atoms with Crippen molar-refractivity contribution in [1.29, 1.82) is 0 Å². The molecule has 0 spiro atoms. The van der Waals surface area contributed by atoms with Gasteiger partial charge in [0.15, 0.2) is 0 Å². The van der Waals surface area contributed by atoms with Gasteiger partial charge in [-0.15, -0.1) is 0 Å². The number of nitrogens with one attached hydrogen (secondary N) is 2. The Hall–Kier alpha value is -1.58. The topological polar surface area (TPSA) is 54.0 Å². The molecule has 110 valence electrons. The van der Waals surface area contributed by atoms with Gasteiger partial charge in [-0.3, -0.25) is 9.78 Å². The summed E-state index contributed by atoms with van der Waals surface area (Å²) in [6.45, 7) is 4.15. The lowest BCUT2D eigenvalue weighted by Gasteiger charge is -2.16. The number of hydrogen-bond donors (Lipinski definition) is 2. The van der Waals surface area contributed by atoms with Crippen molar-refractivity contribution < 1.29 is 4.79 Å². The van der Waals surface area contributed by atoms with Crippen LogP contribution in [0.15, 0.2) is 18.3 Å². The summed E-state index contributed by atoms with van der Waals surface area (Å²) >= 11 is 0. The van der Waals surface area contributed by atoms with E-state index in [1.54, 1.807) is 6.20 Å². The molecule has 4 nitrogen and oxygen atoms in total. The summed E-state index contributed by atoms with van der Waals surface area (Å²) in [6.07, 6.45) is 8.88. The fourth-order valence-electron chi connectivity index (χ4n) is 2.66. The molecule has 0 saturated heterocycles. The minimum absolute atomic E-state index is 0.0516. The zero-order valence-corrected chi connectivity index (χ0v) is 12.5. The van der Waals surface area contributed by atoms with Crippen LogP contribution in [0, 0.1) is 0 Å². The number of hydrogen-bond acceptors (Lipinski definition) is 3. The van der Waals surface area contributed by atoms with E-state index >= 15 is 0 Å². The Kier molecular flexibility index (Phi) is 5.39. The first-order valence-corrected chi connectivity index (χ1v) is 7.68. The van der Waals surface area contributed by atoms with Gasteiger partial charge in [0, 0.05) is 24.0 Å². The predicted octanol–water partition coefficient (Wildman–Crippen LogP) is 3.35. The Morgan fingerprint density at radius 2 is 1.95 bits per heavy atom. The van der Waals surface area contributed by atoms with E-state index < -0.39 is 0 Å². The molecule has 0 bridgehead atoms. The third-order valence-corrected chi connectivity index (χ3v) is 3.64. The first kappa shape index (κ1) is 14.8. The predicted molar refractivity (Wildman–Crippen MR) is 82.0 cm³/mol. The third kappa shape index (κ3) is 4.51. The summed E-state index contributed by atoms with van der Waals surface area (Å²) in [7, 11) is 0. The lowest BCUT2D eigenvalue weighted by atomic mass is 10.1. The summed E-state index contributed by atoms with van der Waals surface area (Å²) in [5, 5.41) is 6.42. The highest BCUT2D eigenvalue weighted by Gasteiger charge is 2.16. The second-order valence-electron chi connectivity index (χ2n) is 5.89. The lowest BCUT2D eigenvalue weighted by Crippen LogP contribution is -2.34. The van der Waals surface area contributed by atoms with Crippen LogP contribution in [-0.2, 0) is 0 Å². The van der Waals surface area contributed by atoms with Crippen LogP contribution in [-0.4, -0.2) is 23.0 Å². The van der Waals surface area contributed by atoms with Crippen LogP contribution in [0.25, 0.3) is 0 Å². The Morgan fingerprint density at radius 3 is 2.60 bits per heavy atom. The summed E-state index contributed by atoms with van der Waals surface area (Å²) in [4.78, 5) is 16.4. The second-order valence-corrected chi connectivity index (χ2v) is 5.89. The van der Waals surface area contributed by atoms with Crippen molar-refractivity contribution in [2.24, 2.45) is 0 Å². The van der Waals surface area contributed by atoms with E-state index in [1.807, 2.05) is 12.1 Å². The van der Waals surface area contributed by atoms with Gasteiger partial charge in [-0.2, -0.15) is 0 Å². The largest absolute Gasteiger partial charge is 0.383 e. The number of carbonyl (C=O) groups is 1. The molecule has 1 fully saturated rings. The van der Waals surface area contributed by atoms with Gasteiger partial charge in [-0.25, -0.2) is 0 Å². The van der Waals surface area contributed by atoms with E-state index in [0.29, 0.717) is 17.8 Å². The van der Waals surface area contributed by atoms with Crippen molar-refractivity contribution >= 4 is 11.6 Å². The molecule has 1 aliphatic carbocycles. The molecule has 2 rings (SSSR count). The van der Waals surface area contributed by atoms with E-state index in [9.17, 15) is 4.79 Å². The van der Waals surface area contributed by atoms with Gasteiger partial charge < -0.3 is 10.6 Å². The second kappa shape index (κ2) is 7.27. The Bertz CT molecular complexity index is 437. The first-order chi connectivity index (χ1) is 9.65. The molecule has 2 N–H and O–H groups in total. The first-order valence-electron chi connectivity index (χ1n) is 7.68. The molecule has 0 unspecified atom stereocenters. The zero-order valence-electron chi connectivity index (χ0n) is 12.5. The van der Waals surface area contributed by atoms with Crippen LogP contribution in [0.5, 0.6) is 0 Å². The van der Waals surface area contributed by atoms with Gasteiger partial charge >= 0.3 is 0 Å². The van der Waals surface area contributed by atoms with Crippen LogP contribution < -0.4 is 10.6 Å². The Labute approximate surface area is 121 Å². The molecule has 1 amide bonds. The molecule has 0 aromatic carbocycles.